The molecule has 1 aliphatic rings. The smallest absolute Gasteiger partial charge is 0.184 e. The summed E-state index contributed by atoms with van der Waals surface area (Å²) in [6.45, 7) is 0.895. The summed E-state index contributed by atoms with van der Waals surface area (Å²) in [4.78, 5) is 4.03. The van der Waals surface area contributed by atoms with Gasteiger partial charge in [-0.3, -0.25) is 9.80 Å². The SMILES string of the molecule is S=C1N(c2ccccc2CS)COCN1c1ccccc1CS. The molecule has 0 amide bonds. The normalized spacial score (nSPS) is 15.1. The standard InChI is InChI=1S/C17H18N2OS3/c21-9-13-5-1-3-7-15(13)18-11-20-12-19(17(18)23)16-8-4-2-6-14(16)10-22/h1-8,21-22H,9-12H2. The van der Waals surface area contributed by atoms with Crippen LogP contribution >= 0.6 is 37.5 Å². The van der Waals surface area contributed by atoms with Gasteiger partial charge in [-0.15, -0.1) is 0 Å². The zero-order chi connectivity index (χ0) is 16.2. The fourth-order valence-electron chi connectivity index (χ4n) is 2.64. The van der Waals surface area contributed by atoms with Crippen molar-refractivity contribution in [2.24, 2.45) is 0 Å². The Hall–Kier alpha value is -1.21. The highest BCUT2D eigenvalue weighted by molar-refractivity contribution is 7.81. The van der Waals surface area contributed by atoms with E-state index in [1.54, 1.807) is 0 Å². The summed E-state index contributed by atoms with van der Waals surface area (Å²) in [6.07, 6.45) is 0. The highest BCUT2D eigenvalue weighted by Gasteiger charge is 2.27. The number of hydrogen-bond acceptors (Lipinski definition) is 4. The second-order valence-electron chi connectivity index (χ2n) is 5.17. The predicted molar refractivity (Wildman–Crippen MR) is 107 cm³/mol. The highest BCUT2D eigenvalue weighted by Crippen LogP contribution is 2.29. The topological polar surface area (TPSA) is 15.7 Å². The molecule has 3 rings (SSSR count). The van der Waals surface area contributed by atoms with E-state index in [1.165, 1.54) is 0 Å². The zero-order valence-electron chi connectivity index (χ0n) is 12.6. The lowest BCUT2D eigenvalue weighted by molar-refractivity contribution is 0.138. The molecular formula is C17H18N2OS3. The monoisotopic (exact) mass is 362 g/mol. The van der Waals surface area contributed by atoms with Crippen molar-refractivity contribution in [3.63, 3.8) is 0 Å². The molecule has 0 N–H and O–H groups in total. The Morgan fingerprint density at radius 1 is 0.826 bits per heavy atom. The Kier molecular flexibility index (Phi) is 5.48. The van der Waals surface area contributed by atoms with Gasteiger partial charge in [0.15, 0.2) is 5.11 Å². The summed E-state index contributed by atoms with van der Waals surface area (Å²) in [5.41, 5.74) is 4.35. The Morgan fingerprint density at radius 3 is 1.70 bits per heavy atom. The van der Waals surface area contributed by atoms with Crippen LogP contribution in [-0.2, 0) is 16.2 Å². The van der Waals surface area contributed by atoms with E-state index in [0.717, 1.165) is 27.6 Å². The zero-order valence-corrected chi connectivity index (χ0v) is 15.2. The third-order valence-electron chi connectivity index (χ3n) is 3.81. The number of hydrogen-bond donors (Lipinski definition) is 2. The Bertz CT molecular complexity index is 650. The van der Waals surface area contributed by atoms with Crippen molar-refractivity contribution in [2.75, 3.05) is 23.3 Å². The molecule has 6 heteroatoms. The van der Waals surface area contributed by atoms with Crippen molar-refractivity contribution in [1.82, 2.24) is 0 Å². The molecule has 1 saturated heterocycles. The van der Waals surface area contributed by atoms with E-state index in [0.29, 0.717) is 25.0 Å². The number of benzene rings is 2. The number of anilines is 2. The summed E-state index contributed by atoms with van der Waals surface area (Å²) in [5, 5.41) is 0.736. The van der Waals surface area contributed by atoms with E-state index in [-0.39, 0.29) is 0 Å². The van der Waals surface area contributed by atoms with Gasteiger partial charge >= 0.3 is 0 Å². The van der Waals surface area contributed by atoms with Crippen molar-refractivity contribution in [3.05, 3.63) is 59.7 Å². The van der Waals surface area contributed by atoms with E-state index >= 15 is 0 Å². The van der Waals surface area contributed by atoms with Gasteiger partial charge in [0.25, 0.3) is 0 Å². The highest BCUT2D eigenvalue weighted by atomic mass is 32.1. The van der Waals surface area contributed by atoms with Gasteiger partial charge in [-0.1, -0.05) is 36.4 Å². The first kappa shape index (κ1) is 16.6. The second-order valence-corrected chi connectivity index (χ2v) is 6.17. The van der Waals surface area contributed by atoms with Gasteiger partial charge in [0, 0.05) is 22.9 Å². The molecule has 0 radical (unpaired) electrons. The van der Waals surface area contributed by atoms with Crippen molar-refractivity contribution >= 4 is 54.0 Å². The number of thiol groups is 2. The van der Waals surface area contributed by atoms with Gasteiger partial charge in [-0.05, 0) is 35.5 Å². The number of thiocarbonyl (C=S) groups is 1. The van der Waals surface area contributed by atoms with Gasteiger partial charge in [0.05, 0.1) is 0 Å². The summed E-state index contributed by atoms with van der Waals surface area (Å²) in [5.74, 6) is 1.31. The molecule has 1 heterocycles. The molecular weight excluding hydrogens is 344 g/mol. The van der Waals surface area contributed by atoms with Gasteiger partial charge in [0.2, 0.25) is 0 Å². The third kappa shape index (κ3) is 3.35. The number of ether oxygens (including phenoxy) is 1. The van der Waals surface area contributed by atoms with Crippen LogP contribution in [0.1, 0.15) is 11.1 Å². The lowest BCUT2D eigenvalue weighted by atomic mass is 10.1. The quantitative estimate of drug-likeness (QED) is 0.629. The lowest BCUT2D eigenvalue weighted by Gasteiger charge is -2.39. The Balaban J connectivity index is 1.95. The van der Waals surface area contributed by atoms with E-state index in [9.17, 15) is 0 Å². The number of rotatable bonds is 4. The molecule has 120 valence electrons. The molecule has 1 fully saturated rings. The minimum Gasteiger partial charge on any atom is -0.340 e. The molecule has 0 bridgehead atoms. The minimum absolute atomic E-state index is 0.448. The molecule has 1 aliphatic heterocycles. The maximum atomic E-state index is 5.79. The first-order valence-electron chi connectivity index (χ1n) is 7.30. The average Bonchev–Trinajstić information content (AvgIpc) is 2.62. The summed E-state index contributed by atoms with van der Waals surface area (Å²) >= 11 is 14.6. The van der Waals surface area contributed by atoms with Crippen molar-refractivity contribution in [1.29, 1.82) is 0 Å². The maximum Gasteiger partial charge on any atom is 0.184 e. The van der Waals surface area contributed by atoms with E-state index in [2.05, 4.69) is 49.5 Å². The van der Waals surface area contributed by atoms with E-state index < -0.39 is 0 Å². The molecule has 0 aromatic heterocycles. The summed E-state index contributed by atoms with van der Waals surface area (Å²) in [6, 6.07) is 16.3. The van der Waals surface area contributed by atoms with Crippen molar-refractivity contribution in [2.45, 2.75) is 11.5 Å². The van der Waals surface area contributed by atoms with Crippen LogP contribution in [0, 0.1) is 0 Å². The van der Waals surface area contributed by atoms with Crippen LogP contribution in [0.5, 0.6) is 0 Å². The average molecular weight is 363 g/mol. The molecule has 0 atom stereocenters. The van der Waals surface area contributed by atoms with Crippen LogP contribution in [0.2, 0.25) is 0 Å². The molecule has 0 unspecified atom stereocenters. The third-order valence-corrected chi connectivity index (χ3v) is 4.93. The summed E-state index contributed by atoms with van der Waals surface area (Å²) in [7, 11) is 0. The lowest BCUT2D eigenvalue weighted by Crippen LogP contribution is -2.51. The Labute approximate surface area is 153 Å². The van der Waals surface area contributed by atoms with Gasteiger partial charge in [-0.2, -0.15) is 25.3 Å². The van der Waals surface area contributed by atoms with Crippen LogP contribution in [0.4, 0.5) is 11.4 Å². The molecule has 0 saturated carbocycles. The van der Waals surface area contributed by atoms with Gasteiger partial charge < -0.3 is 4.74 Å². The molecule has 0 spiro atoms. The van der Waals surface area contributed by atoms with Gasteiger partial charge in [0.1, 0.15) is 13.5 Å². The summed E-state index contributed by atoms with van der Waals surface area (Å²) < 4.78 is 5.79. The van der Waals surface area contributed by atoms with Crippen LogP contribution in [0.3, 0.4) is 0 Å². The molecule has 0 aliphatic carbocycles. The van der Waals surface area contributed by atoms with Gasteiger partial charge in [-0.25, -0.2) is 0 Å². The fraction of sp³-hybridized carbons (Fsp3) is 0.235. The van der Waals surface area contributed by atoms with Crippen LogP contribution in [-0.4, -0.2) is 18.6 Å². The van der Waals surface area contributed by atoms with Crippen LogP contribution in [0.15, 0.2) is 48.5 Å². The Morgan fingerprint density at radius 2 is 1.26 bits per heavy atom. The first-order chi connectivity index (χ1) is 11.3. The molecule has 23 heavy (non-hydrogen) atoms. The first-order valence-corrected chi connectivity index (χ1v) is 8.98. The molecule has 2 aromatic carbocycles. The maximum absolute atomic E-state index is 5.79. The fourth-order valence-corrected chi connectivity index (χ4v) is 3.48. The van der Waals surface area contributed by atoms with Crippen molar-refractivity contribution < 1.29 is 4.74 Å². The largest absolute Gasteiger partial charge is 0.340 e. The minimum atomic E-state index is 0.448. The molecule has 2 aromatic rings. The van der Waals surface area contributed by atoms with E-state index in [1.807, 2.05) is 34.1 Å². The number of para-hydroxylation sites is 2. The van der Waals surface area contributed by atoms with Crippen LogP contribution < -0.4 is 9.80 Å². The van der Waals surface area contributed by atoms with Crippen molar-refractivity contribution in [3.8, 4) is 0 Å². The number of nitrogens with zero attached hydrogens (tertiary/aromatic N) is 2. The van der Waals surface area contributed by atoms with E-state index in [4.69, 9.17) is 17.0 Å². The predicted octanol–water partition coefficient (Wildman–Crippen LogP) is 4.09. The second kappa shape index (κ2) is 7.57. The van der Waals surface area contributed by atoms with Crippen LogP contribution in [0.25, 0.3) is 0 Å². The molecule has 3 nitrogen and oxygen atoms in total.